The van der Waals surface area contributed by atoms with Crippen LogP contribution in [0.3, 0.4) is 0 Å². The summed E-state index contributed by atoms with van der Waals surface area (Å²) in [5.74, 6) is -0.0395. The Kier molecular flexibility index (Phi) is 3.82. The van der Waals surface area contributed by atoms with Gasteiger partial charge in [-0.25, -0.2) is 0 Å². The summed E-state index contributed by atoms with van der Waals surface area (Å²) in [6, 6.07) is 17.5. The summed E-state index contributed by atoms with van der Waals surface area (Å²) in [4.78, 5) is 17.7. The first kappa shape index (κ1) is 13.6. The number of nitrogens with zero attached hydrogens (tertiary/aromatic N) is 1. The summed E-state index contributed by atoms with van der Waals surface area (Å²) >= 11 is 0. The van der Waals surface area contributed by atoms with Crippen LogP contribution in [0.2, 0.25) is 0 Å². The van der Waals surface area contributed by atoms with Crippen molar-refractivity contribution in [3.63, 3.8) is 0 Å². The maximum absolute atomic E-state index is 12.3. The minimum Gasteiger partial charge on any atom is -0.391 e. The van der Waals surface area contributed by atoms with E-state index in [-0.39, 0.29) is 11.9 Å². The Labute approximate surface area is 124 Å². The lowest BCUT2D eigenvalue weighted by molar-refractivity contribution is 0.0858. The number of hydrogen-bond acceptors (Lipinski definition) is 3. The largest absolute Gasteiger partial charge is 0.391 e. The zero-order valence-electron chi connectivity index (χ0n) is 12.0. The predicted octanol–water partition coefficient (Wildman–Crippen LogP) is 3.57. The fourth-order valence-corrected chi connectivity index (χ4v) is 2.53. The molecule has 21 heavy (non-hydrogen) atoms. The van der Waals surface area contributed by atoms with Gasteiger partial charge in [-0.15, -0.1) is 0 Å². The molecule has 1 aliphatic rings. The Balaban J connectivity index is 1.64. The molecule has 0 aliphatic carbocycles. The number of benzene rings is 2. The van der Waals surface area contributed by atoms with Gasteiger partial charge < -0.3 is 4.84 Å². The van der Waals surface area contributed by atoms with Crippen molar-refractivity contribution in [3.05, 3.63) is 71.3 Å². The summed E-state index contributed by atoms with van der Waals surface area (Å²) in [6.07, 6.45) is 1.30. The molecule has 0 radical (unpaired) electrons. The molecule has 3 nitrogen and oxygen atoms in total. The third kappa shape index (κ3) is 3.19. The van der Waals surface area contributed by atoms with Gasteiger partial charge in [-0.1, -0.05) is 65.3 Å². The molecule has 0 saturated carbocycles. The van der Waals surface area contributed by atoms with Gasteiger partial charge in [0.05, 0.1) is 0 Å². The Morgan fingerprint density at radius 1 is 1.19 bits per heavy atom. The number of hydrogen-bond donors (Lipinski definition) is 0. The Bertz CT molecular complexity index is 677. The van der Waals surface area contributed by atoms with Gasteiger partial charge in [0, 0.05) is 18.4 Å². The van der Waals surface area contributed by atoms with E-state index in [2.05, 4.69) is 30.3 Å². The lowest BCUT2D eigenvalue weighted by Gasteiger charge is -2.08. The summed E-state index contributed by atoms with van der Waals surface area (Å²) < 4.78 is 0. The Hall–Kier alpha value is -2.42. The Morgan fingerprint density at radius 2 is 2.00 bits per heavy atom. The molecule has 1 atom stereocenters. The van der Waals surface area contributed by atoms with E-state index in [1.165, 1.54) is 11.1 Å². The van der Waals surface area contributed by atoms with E-state index in [0.29, 0.717) is 17.7 Å². The number of carbonyl (C=O) groups is 1. The normalized spacial score (nSPS) is 17.2. The molecule has 2 aromatic carbocycles. The molecule has 0 aromatic heterocycles. The van der Waals surface area contributed by atoms with Crippen LogP contribution < -0.4 is 0 Å². The first-order valence-electron chi connectivity index (χ1n) is 7.10. The maximum atomic E-state index is 12.3. The molecule has 0 saturated heterocycles. The number of oxime groups is 1. The van der Waals surface area contributed by atoms with Crippen LogP contribution in [0, 0.1) is 6.92 Å². The number of rotatable bonds is 4. The van der Waals surface area contributed by atoms with Crippen LogP contribution in [0.5, 0.6) is 0 Å². The second-order valence-corrected chi connectivity index (χ2v) is 5.36. The Morgan fingerprint density at radius 3 is 2.76 bits per heavy atom. The lowest BCUT2D eigenvalue weighted by Crippen LogP contribution is -2.17. The van der Waals surface area contributed by atoms with E-state index in [9.17, 15) is 4.79 Å². The highest BCUT2D eigenvalue weighted by Crippen LogP contribution is 2.19. The number of ketones is 1. The molecule has 1 heterocycles. The van der Waals surface area contributed by atoms with Gasteiger partial charge in [0.15, 0.2) is 0 Å². The zero-order valence-corrected chi connectivity index (χ0v) is 12.0. The number of aryl methyl sites for hydroxylation is 1. The minimum absolute atomic E-state index is 0.0395. The first-order chi connectivity index (χ1) is 10.2. The number of carbonyl (C=O) groups excluding carboxylic acids is 1. The fraction of sp³-hybridized carbons (Fsp3) is 0.222. The van der Waals surface area contributed by atoms with E-state index in [0.717, 1.165) is 6.42 Å². The van der Waals surface area contributed by atoms with Crippen molar-refractivity contribution >= 4 is 11.5 Å². The summed E-state index contributed by atoms with van der Waals surface area (Å²) in [6.45, 7) is 2.07. The average Bonchev–Trinajstić information content (AvgIpc) is 2.96. The van der Waals surface area contributed by atoms with Gasteiger partial charge >= 0.3 is 0 Å². The van der Waals surface area contributed by atoms with Crippen LogP contribution in [0.25, 0.3) is 0 Å². The molecule has 0 N–H and O–H groups in total. The van der Waals surface area contributed by atoms with Gasteiger partial charge in [-0.3, -0.25) is 4.79 Å². The third-order valence-electron chi connectivity index (χ3n) is 3.58. The summed E-state index contributed by atoms with van der Waals surface area (Å²) in [5, 5.41) is 3.98. The predicted molar refractivity (Wildman–Crippen MR) is 82.6 cm³/mol. The molecule has 0 amide bonds. The van der Waals surface area contributed by atoms with Crippen molar-refractivity contribution < 1.29 is 9.63 Å². The van der Waals surface area contributed by atoms with Gasteiger partial charge in [0.2, 0.25) is 5.78 Å². The third-order valence-corrected chi connectivity index (χ3v) is 3.58. The molecule has 106 valence electrons. The molecular formula is C18H17NO2. The molecule has 0 spiro atoms. The van der Waals surface area contributed by atoms with E-state index < -0.39 is 0 Å². The molecule has 0 bridgehead atoms. The van der Waals surface area contributed by atoms with Crippen LogP contribution in [0.1, 0.15) is 27.9 Å². The van der Waals surface area contributed by atoms with E-state index in [1.807, 2.05) is 24.3 Å². The molecule has 3 rings (SSSR count). The molecular weight excluding hydrogens is 262 g/mol. The van der Waals surface area contributed by atoms with Crippen molar-refractivity contribution in [2.24, 2.45) is 5.16 Å². The first-order valence-corrected chi connectivity index (χ1v) is 7.10. The minimum atomic E-state index is -0.0468. The van der Waals surface area contributed by atoms with Crippen molar-refractivity contribution in [1.82, 2.24) is 0 Å². The van der Waals surface area contributed by atoms with Gasteiger partial charge in [0.25, 0.3) is 0 Å². The summed E-state index contributed by atoms with van der Waals surface area (Å²) in [5.41, 5.74) is 3.62. The van der Waals surface area contributed by atoms with Gasteiger partial charge in [-0.05, 0) is 12.5 Å². The highest BCUT2D eigenvalue weighted by atomic mass is 16.6. The van der Waals surface area contributed by atoms with Crippen LogP contribution in [0.4, 0.5) is 0 Å². The molecule has 2 aromatic rings. The van der Waals surface area contributed by atoms with Crippen LogP contribution in [-0.4, -0.2) is 17.6 Å². The highest BCUT2D eigenvalue weighted by Gasteiger charge is 2.26. The summed E-state index contributed by atoms with van der Waals surface area (Å²) in [7, 11) is 0. The smallest absolute Gasteiger partial charge is 0.210 e. The average molecular weight is 279 g/mol. The SMILES string of the molecule is Cc1cccc(CC2CC(C(=O)c3ccccc3)=NO2)c1. The molecule has 0 fully saturated rings. The van der Waals surface area contributed by atoms with Crippen molar-refractivity contribution in [2.45, 2.75) is 25.9 Å². The highest BCUT2D eigenvalue weighted by molar-refractivity contribution is 6.46. The number of Topliss-reactive ketones (excluding diaryl/α,β-unsaturated/α-hetero) is 1. The van der Waals surface area contributed by atoms with Gasteiger partial charge in [-0.2, -0.15) is 0 Å². The van der Waals surface area contributed by atoms with E-state index in [4.69, 9.17) is 4.84 Å². The van der Waals surface area contributed by atoms with Crippen LogP contribution in [-0.2, 0) is 11.3 Å². The van der Waals surface area contributed by atoms with Crippen LogP contribution in [0.15, 0.2) is 59.8 Å². The zero-order chi connectivity index (χ0) is 14.7. The fourth-order valence-electron chi connectivity index (χ4n) is 2.53. The molecule has 3 heteroatoms. The van der Waals surface area contributed by atoms with Crippen molar-refractivity contribution in [2.75, 3.05) is 0 Å². The van der Waals surface area contributed by atoms with Crippen molar-refractivity contribution in [1.29, 1.82) is 0 Å². The molecule has 1 unspecified atom stereocenters. The molecule has 1 aliphatic heterocycles. The quantitative estimate of drug-likeness (QED) is 0.803. The second kappa shape index (κ2) is 5.92. The standard InChI is InChI=1S/C18H17NO2/c1-13-6-5-7-14(10-13)11-16-12-17(19-21-16)18(20)15-8-3-2-4-9-15/h2-10,16H,11-12H2,1H3. The van der Waals surface area contributed by atoms with Crippen LogP contribution >= 0.6 is 0 Å². The van der Waals surface area contributed by atoms with E-state index in [1.54, 1.807) is 12.1 Å². The lowest BCUT2D eigenvalue weighted by atomic mass is 9.99. The van der Waals surface area contributed by atoms with E-state index >= 15 is 0 Å². The van der Waals surface area contributed by atoms with Gasteiger partial charge in [0.1, 0.15) is 11.8 Å². The second-order valence-electron chi connectivity index (χ2n) is 5.36. The topological polar surface area (TPSA) is 38.7 Å². The monoisotopic (exact) mass is 279 g/mol. The maximum Gasteiger partial charge on any atom is 0.210 e. The van der Waals surface area contributed by atoms with Crippen molar-refractivity contribution in [3.8, 4) is 0 Å².